The summed E-state index contributed by atoms with van der Waals surface area (Å²) in [4.78, 5) is 20.9. The van der Waals surface area contributed by atoms with Gasteiger partial charge in [-0.15, -0.1) is 11.3 Å². The third-order valence-corrected chi connectivity index (χ3v) is 5.70. The van der Waals surface area contributed by atoms with Gasteiger partial charge in [0.15, 0.2) is 0 Å². The number of aliphatic hydroxyl groups excluding tert-OH is 1. The molecule has 1 aromatic heterocycles. The van der Waals surface area contributed by atoms with E-state index in [1.54, 1.807) is 42.8 Å². The van der Waals surface area contributed by atoms with E-state index >= 15 is 0 Å². The number of hydrogen-bond acceptors (Lipinski definition) is 6. The number of benzene rings is 1. The first-order valence-electron chi connectivity index (χ1n) is 8.88. The van der Waals surface area contributed by atoms with Crippen molar-refractivity contribution in [2.24, 2.45) is 0 Å². The van der Waals surface area contributed by atoms with Gasteiger partial charge in [-0.05, 0) is 44.4 Å². The number of nitrogen functional groups attached to an aromatic ring is 1. The highest BCUT2D eigenvalue weighted by molar-refractivity contribution is 7.11. The Bertz CT molecular complexity index is 853. The number of aromatic nitrogens is 1. The van der Waals surface area contributed by atoms with Crippen molar-refractivity contribution in [2.75, 3.05) is 19.4 Å². The van der Waals surface area contributed by atoms with E-state index in [9.17, 15) is 9.90 Å². The van der Waals surface area contributed by atoms with Gasteiger partial charge < -0.3 is 20.9 Å². The molecule has 27 heavy (non-hydrogen) atoms. The van der Waals surface area contributed by atoms with Crippen LogP contribution in [0.1, 0.15) is 34.7 Å². The van der Waals surface area contributed by atoms with Crippen molar-refractivity contribution in [1.82, 2.24) is 10.3 Å². The highest BCUT2D eigenvalue weighted by Gasteiger charge is 2.40. The van der Waals surface area contributed by atoms with Crippen LogP contribution in [0.25, 0.3) is 0 Å². The molecule has 1 saturated carbocycles. The van der Waals surface area contributed by atoms with E-state index in [0.29, 0.717) is 29.3 Å². The summed E-state index contributed by atoms with van der Waals surface area (Å²) in [6.45, 7) is 2.29. The zero-order valence-electron chi connectivity index (χ0n) is 15.5. The molecule has 0 unspecified atom stereocenters. The monoisotopic (exact) mass is 389 g/mol. The molecule has 0 bridgehead atoms. The Kier molecular flexibility index (Phi) is 5.76. The summed E-state index contributed by atoms with van der Waals surface area (Å²) in [6, 6.07) is 5.25. The van der Waals surface area contributed by atoms with Crippen LogP contribution in [0.5, 0.6) is 5.75 Å². The largest absolute Gasteiger partial charge is 0.488 e. The number of ether oxygens (including phenoxy) is 1. The average Bonchev–Trinajstić information content (AvgIpc) is 3.04. The lowest BCUT2D eigenvalue weighted by Gasteiger charge is -2.40. The molecule has 1 heterocycles. The van der Waals surface area contributed by atoms with Gasteiger partial charge in [-0.25, -0.2) is 9.98 Å². The Labute approximate surface area is 162 Å². The number of hydrogen-bond donors (Lipinski definition) is 4. The van der Waals surface area contributed by atoms with Gasteiger partial charge in [-0.2, -0.15) is 0 Å². The highest BCUT2D eigenvalue weighted by Crippen LogP contribution is 2.31. The zero-order valence-corrected chi connectivity index (χ0v) is 16.4. The fraction of sp³-hybridized carbons (Fsp3) is 0.421. The first-order valence-corrected chi connectivity index (χ1v) is 9.70. The van der Waals surface area contributed by atoms with Crippen molar-refractivity contribution in [3.05, 3.63) is 39.8 Å². The number of carbonyl (C=O) groups excluding carboxylic acids is 1. The van der Waals surface area contributed by atoms with Gasteiger partial charge in [-0.1, -0.05) is 0 Å². The Morgan fingerprint density at radius 2 is 2.26 bits per heavy atom. The van der Waals surface area contributed by atoms with Crippen LogP contribution in [0, 0.1) is 6.92 Å². The lowest BCUT2D eigenvalue weighted by Crippen LogP contribution is -2.73. The summed E-state index contributed by atoms with van der Waals surface area (Å²) in [7, 11) is 1.67. The zero-order chi connectivity index (χ0) is 19.4. The van der Waals surface area contributed by atoms with Gasteiger partial charge in [0, 0.05) is 11.9 Å². The second-order valence-corrected chi connectivity index (χ2v) is 8.07. The van der Waals surface area contributed by atoms with E-state index in [0.717, 1.165) is 29.1 Å². The van der Waals surface area contributed by atoms with E-state index in [1.807, 2.05) is 6.92 Å². The van der Waals surface area contributed by atoms with Crippen LogP contribution in [0.2, 0.25) is 0 Å². The normalized spacial score (nSPS) is 15.9. The van der Waals surface area contributed by atoms with Crippen LogP contribution in [-0.4, -0.2) is 40.9 Å². The summed E-state index contributed by atoms with van der Waals surface area (Å²) in [5.41, 5.74) is 6.98. The van der Waals surface area contributed by atoms with E-state index < -0.39 is 5.54 Å². The molecule has 0 saturated heterocycles. The fourth-order valence-corrected chi connectivity index (χ4v) is 3.78. The number of amides is 1. The number of nitrogens with one attached hydrogen (secondary N) is 2. The molecule has 2 aromatic rings. The van der Waals surface area contributed by atoms with E-state index in [4.69, 9.17) is 10.5 Å². The second-order valence-electron chi connectivity index (χ2n) is 6.75. The van der Waals surface area contributed by atoms with Crippen molar-refractivity contribution in [3.63, 3.8) is 0 Å². The van der Waals surface area contributed by atoms with Crippen LogP contribution < -0.4 is 20.8 Å². The topological polar surface area (TPSA) is 111 Å². The minimum Gasteiger partial charge on any atom is -0.488 e. The molecule has 0 spiro atoms. The van der Waals surface area contributed by atoms with Crippen molar-refractivity contribution >= 4 is 28.6 Å². The predicted octanol–water partition coefficient (Wildman–Crippen LogP) is 0.143. The van der Waals surface area contributed by atoms with Crippen LogP contribution in [-0.2, 0) is 11.4 Å². The molecule has 5 N–H and O–H groups in total. The molecule has 1 aliphatic rings. The van der Waals surface area contributed by atoms with Gasteiger partial charge in [-0.3, -0.25) is 4.79 Å². The fourth-order valence-electron chi connectivity index (χ4n) is 3.07. The Morgan fingerprint density at radius 3 is 2.81 bits per heavy atom. The van der Waals surface area contributed by atoms with E-state index in [-0.39, 0.29) is 12.5 Å². The lowest BCUT2D eigenvalue weighted by atomic mass is 9.77. The van der Waals surface area contributed by atoms with E-state index in [2.05, 4.69) is 15.3 Å². The van der Waals surface area contributed by atoms with Gasteiger partial charge in [0.25, 0.3) is 5.71 Å². The first kappa shape index (κ1) is 19.3. The molecule has 144 valence electrons. The Hall–Kier alpha value is -2.45. The number of nitrogens with zero attached hydrogens (tertiary/aromatic N) is 1. The molecule has 0 atom stereocenters. The van der Waals surface area contributed by atoms with Crippen molar-refractivity contribution in [1.29, 1.82) is 0 Å². The number of anilines is 1. The molecule has 0 aliphatic heterocycles. The SMILES string of the molecule is C[NH+]=C(C(=O)NC1(CO)CCC1)c1cc(OCc2cnc(C)s2)ccc1N. The number of carbonyl (C=O) groups is 1. The quantitative estimate of drug-likeness (QED) is 0.398. The molecule has 1 fully saturated rings. The molecular weight excluding hydrogens is 364 g/mol. The standard InChI is InChI=1S/C19H24N4O3S/c1-12-22-9-14(27-12)10-26-13-4-5-16(20)15(8-13)17(21-2)18(25)23-19(11-24)6-3-7-19/h4-5,8-9,24H,3,6-7,10-11,20H2,1-2H3,(H,23,25)/p+1. The summed E-state index contributed by atoms with van der Waals surface area (Å²) in [5.74, 6) is 0.333. The van der Waals surface area contributed by atoms with Crippen molar-refractivity contribution in [2.45, 2.75) is 38.3 Å². The Balaban J connectivity index is 1.76. The molecule has 7 nitrogen and oxygen atoms in total. The molecule has 1 aliphatic carbocycles. The number of aliphatic hydroxyl groups is 1. The summed E-state index contributed by atoms with van der Waals surface area (Å²) in [5, 5.41) is 13.5. The predicted molar refractivity (Wildman–Crippen MR) is 105 cm³/mol. The third kappa shape index (κ3) is 4.28. The highest BCUT2D eigenvalue weighted by atomic mass is 32.1. The van der Waals surface area contributed by atoms with Gasteiger partial charge >= 0.3 is 5.91 Å². The Morgan fingerprint density at radius 1 is 1.48 bits per heavy atom. The molecular formula is C19H25N4O3S+. The van der Waals surface area contributed by atoms with Crippen molar-refractivity contribution < 1.29 is 19.6 Å². The molecule has 0 radical (unpaired) electrons. The minimum absolute atomic E-state index is 0.0668. The first-order chi connectivity index (χ1) is 13.0. The molecule has 1 aromatic carbocycles. The van der Waals surface area contributed by atoms with Gasteiger partial charge in [0.05, 0.1) is 27.6 Å². The molecule has 3 rings (SSSR count). The molecule has 8 heteroatoms. The second kappa shape index (κ2) is 8.06. The maximum atomic E-state index is 12.8. The summed E-state index contributed by atoms with van der Waals surface area (Å²) >= 11 is 1.58. The smallest absolute Gasteiger partial charge is 0.316 e. The van der Waals surface area contributed by atoms with Crippen LogP contribution in [0.3, 0.4) is 0 Å². The van der Waals surface area contributed by atoms with Gasteiger partial charge in [0.2, 0.25) is 0 Å². The van der Waals surface area contributed by atoms with Crippen LogP contribution in [0.15, 0.2) is 24.4 Å². The number of rotatable bonds is 7. The number of aryl methyl sites for hydroxylation is 1. The maximum absolute atomic E-state index is 12.8. The average molecular weight is 390 g/mol. The third-order valence-electron chi connectivity index (χ3n) is 4.81. The van der Waals surface area contributed by atoms with Gasteiger partial charge in [0.1, 0.15) is 19.4 Å². The summed E-state index contributed by atoms with van der Waals surface area (Å²) < 4.78 is 5.83. The molecule has 1 amide bonds. The maximum Gasteiger partial charge on any atom is 0.316 e. The summed E-state index contributed by atoms with van der Waals surface area (Å²) in [6.07, 6.45) is 4.35. The van der Waals surface area contributed by atoms with Crippen LogP contribution in [0.4, 0.5) is 5.69 Å². The number of thiazole rings is 1. The van der Waals surface area contributed by atoms with Crippen molar-refractivity contribution in [3.8, 4) is 5.75 Å². The lowest BCUT2D eigenvalue weighted by molar-refractivity contribution is -0.418. The minimum atomic E-state index is -0.522. The van der Waals surface area contributed by atoms with E-state index in [1.165, 1.54) is 0 Å². The van der Waals surface area contributed by atoms with Crippen LogP contribution >= 0.6 is 11.3 Å². The number of nitrogens with two attached hydrogens (primary N) is 1.